The lowest BCUT2D eigenvalue weighted by atomic mass is 10.1. The Balaban J connectivity index is 1.89. The average molecular weight is 353 g/mol. The molecule has 0 aliphatic carbocycles. The van der Waals surface area contributed by atoms with Gasteiger partial charge in [0.15, 0.2) is 0 Å². The molecule has 25 heavy (non-hydrogen) atoms. The van der Waals surface area contributed by atoms with Crippen LogP contribution in [0.25, 0.3) is 10.8 Å². The quantitative estimate of drug-likeness (QED) is 0.513. The summed E-state index contributed by atoms with van der Waals surface area (Å²) < 4.78 is 5.14. The molecule has 0 amide bonds. The molecule has 1 unspecified atom stereocenters. The van der Waals surface area contributed by atoms with E-state index in [1.807, 2.05) is 60.7 Å². The lowest BCUT2D eigenvalue weighted by molar-refractivity contribution is -0.136. The Morgan fingerprint density at radius 3 is 2.52 bits per heavy atom. The zero-order valence-corrected chi connectivity index (χ0v) is 14.6. The third-order valence-corrected chi connectivity index (χ3v) is 5.37. The summed E-state index contributed by atoms with van der Waals surface area (Å²) in [7, 11) is 1.61. The lowest BCUT2D eigenvalue weighted by Crippen LogP contribution is -2.19. The largest absolute Gasteiger partial charge is 0.497 e. The molecular formula is C20H19NO3S. The summed E-state index contributed by atoms with van der Waals surface area (Å²) in [6.07, 6.45) is 0.409. The van der Waals surface area contributed by atoms with E-state index in [-0.39, 0.29) is 0 Å². The zero-order valence-electron chi connectivity index (χ0n) is 13.8. The van der Waals surface area contributed by atoms with Crippen molar-refractivity contribution in [1.29, 1.82) is 0 Å². The van der Waals surface area contributed by atoms with Gasteiger partial charge in [-0.05, 0) is 41.0 Å². The van der Waals surface area contributed by atoms with Crippen LogP contribution in [0.5, 0.6) is 5.75 Å². The average Bonchev–Trinajstić information content (AvgIpc) is 2.63. The summed E-state index contributed by atoms with van der Waals surface area (Å²) >= 11 is 1.30. The Bertz CT molecular complexity index is 893. The van der Waals surface area contributed by atoms with Crippen molar-refractivity contribution in [3.63, 3.8) is 0 Å². The molecular weight excluding hydrogens is 334 g/mol. The van der Waals surface area contributed by atoms with Gasteiger partial charge in [-0.15, -0.1) is 11.8 Å². The fraction of sp³-hybridized carbons (Fsp3) is 0.150. The molecule has 0 fully saturated rings. The Morgan fingerprint density at radius 1 is 1.12 bits per heavy atom. The predicted molar refractivity (Wildman–Crippen MR) is 102 cm³/mol. The van der Waals surface area contributed by atoms with E-state index in [0.717, 1.165) is 27.0 Å². The van der Waals surface area contributed by atoms with Crippen molar-refractivity contribution >= 4 is 34.2 Å². The molecule has 3 N–H and O–H groups in total. The van der Waals surface area contributed by atoms with Crippen molar-refractivity contribution in [3.8, 4) is 5.75 Å². The van der Waals surface area contributed by atoms with Gasteiger partial charge in [-0.1, -0.05) is 42.5 Å². The van der Waals surface area contributed by atoms with Crippen molar-refractivity contribution in [2.24, 2.45) is 0 Å². The van der Waals surface area contributed by atoms with Gasteiger partial charge in [0, 0.05) is 10.6 Å². The van der Waals surface area contributed by atoms with Crippen LogP contribution in [0, 0.1) is 0 Å². The highest BCUT2D eigenvalue weighted by molar-refractivity contribution is 8.01. The molecule has 1 atom stereocenters. The normalized spacial score (nSPS) is 12.0. The zero-order chi connectivity index (χ0) is 17.8. The van der Waals surface area contributed by atoms with E-state index in [1.165, 1.54) is 11.8 Å². The number of hydrogen-bond acceptors (Lipinski definition) is 4. The summed E-state index contributed by atoms with van der Waals surface area (Å²) in [5, 5.41) is 11.1. The molecule has 0 bridgehead atoms. The number of ether oxygens (including phenoxy) is 1. The van der Waals surface area contributed by atoms with Crippen LogP contribution in [0.1, 0.15) is 5.56 Å². The molecule has 0 spiro atoms. The van der Waals surface area contributed by atoms with E-state index in [1.54, 1.807) is 7.11 Å². The minimum absolute atomic E-state index is 0.409. The van der Waals surface area contributed by atoms with E-state index in [4.69, 9.17) is 10.5 Å². The first-order chi connectivity index (χ1) is 12.1. The van der Waals surface area contributed by atoms with Gasteiger partial charge in [-0.3, -0.25) is 4.79 Å². The molecule has 0 saturated carbocycles. The van der Waals surface area contributed by atoms with Crippen LogP contribution in [0.4, 0.5) is 5.69 Å². The number of carbonyl (C=O) groups is 1. The van der Waals surface area contributed by atoms with Gasteiger partial charge in [0.05, 0.1) is 7.11 Å². The Kier molecular flexibility index (Phi) is 5.14. The highest BCUT2D eigenvalue weighted by atomic mass is 32.2. The molecule has 0 aliphatic heterocycles. The number of aliphatic carboxylic acids is 1. The third-order valence-electron chi connectivity index (χ3n) is 4.03. The predicted octanol–water partition coefficient (Wildman–Crippen LogP) is 4.22. The first kappa shape index (κ1) is 17.2. The van der Waals surface area contributed by atoms with Gasteiger partial charge in [0.1, 0.15) is 11.0 Å². The molecule has 0 aromatic heterocycles. The number of rotatable bonds is 6. The van der Waals surface area contributed by atoms with E-state index >= 15 is 0 Å². The number of methoxy groups -OCH3 is 1. The second-order valence-corrected chi connectivity index (χ2v) is 6.91. The number of thioether (sulfide) groups is 1. The first-order valence-electron chi connectivity index (χ1n) is 7.88. The van der Waals surface area contributed by atoms with Crippen molar-refractivity contribution < 1.29 is 14.6 Å². The number of anilines is 1. The number of benzene rings is 3. The molecule has 3 aromatic carbocycles. The molecule has 4 nitrogen and oxygen atoms in total. The Labute approximate surface area is 150 Å². The molecule has 0 radical (unpaired) electrons. The molecule has 0 heterocycles. The van der Waals surface area contributed by atoms with Crippen LogP contribution in [-0.4, -0.2) is 23.4 Å². The first-order valence-corrected chi connectivity index (χ1v) is 8.76. The van der Waals surface area contributed by atoms with E-state index in [0.29, 0.717) is 12.1 Å². The van der Waals surface area contributed by atoms with Crippen LogP contribution < -0.4 is 10.5 Å². The van der Waals surface area contributed by atoms with Crippen molar-refractivity contribution in [2.75, 3.05) is 12.8 Å². The van der Waals surface area contributed by atoms with Crippen LogP contribution in [0.15, 0.2) is 65.6 Å². The monoisotopic (exact) mass is 353 g/mol. The highest BCUT2D eigenvalue weighted by Crippen LogP contribution is 2.37. The second kappa shape index (κ2) is 7.49. The smallest absolute Gasteiger partial charge is 0.317 e. The maximum absolute atomic E-state index is 11.8. The number of hydrogen-bond donors (Lipinski definition) is 2. The van der Waals surface area contributed by atoms with Gasteiger partial charge >= 0.3 is 5.97 Å². The maximum Gasteiger partial charge on any atom is 0.317 e. The number of carboxylic acid groups (broad SMARTS) is 1. The summed E-state index contributed by atoms with van der Waals surface area (Å²) in [6.45, 7) is 0. The molecule has 3 rings (SSSR count). The lowest BCUT2D eigenvalue weighted by Gasteiger charge is -2.16. The minimum atomic E-state index is -0.854. The number of carboxylic acids is 1. The van der Waals surface area contributed by atoms with Gasteiger partial charge in [-0.2, -0.15) is 0 Å². The van der Waals surface area contributed by atoms with Gasteiger partial charge in [0.2, 0.25) is 0 Å². The minimum Gasteiger partial charge on any atom is -0.497 e. The van der Waals surface area contributed by atoms with Crippen LogP contribution >= 0.6 is 11.8 Å². The maximum atomic E-state index is 11.8. The van der Waals surface area contributed by atoms with E-state index in [9.17, 15) is 9.90 Å². The van der Waals surface area contributed by atoms with Crippen LogP contribution in [-0.2, 0) is 11.2 Å². The van der Waals surface area contributed by atoms with Crippen molar-refractivity contribution in [3.05, 3.63) is 66.2 Å². The molecule has 5 heteroatoms. The molecule has 3 aromatic rings. The van der Waals surface area contributed by atoms with Gasteiger partial charge in [0.25, 0.3) is 0 Å². The van der Waals surface area contributed by atoms with Crippen molar-refractivity contribution in [1.82, 2.24) is 0 Å². The van der Waals surface area contributed by atoms with Gasteiger partial charge in [-0.25, -0.2) is 0 Å². The SMILES string of the molecule is COc1ccc(CC(Sc2c(N)ccc3ccccc23)C(=O)O)cc1. The Morgan fingerprint density at radius 2 is 1.84 bits per heavy atom. The fourth-order valence-corrected chi connectivity index (χ4v) is 3.87. The second-order valence-electron chi connectivity index (χ2n) is 5.70. The molecule has 0 aliphatic rings. The highest BCUT2D eigenvalue weighted by Gasteiger charge is 2.22. The summed E-state index contributed by atoms with van der Waals surface area (Å²) in [4.78, 5) is 12.6. The van der Waals surface area contributed by atoms with Crippen molar-refractivity contribution in [2.45, 2.75) is 16.6 Å². The third kappa shape index (κ3) is 3.88. The molecule has 128 valence electrons. The number of nitrogens with two attached hydrogens (primary N) is 1. The number of nitrogen functional groups attached to an aromatic ring is 1. The fourth-order valence-electron chi connectivity index (χ4n) is 2.69. The van der Waals surface area contributed by atoms with Gasteiger partial charge < -0.3 is 15.6 Å². The van der Waals surface area contributed by atoms with E-state index < -0.39 is 11.2 Å². The van der Waals surface area contributed by atoms with Crippen LogP contribution in [0.3, 0.4) is 0 Å². The van der Waals surface area contributed by atoms with E-state index in [2.05, 4.69) is 0 Å². The summed E-state index contributed by atoms with van der Waals surface area (Å²) in [5.41, 5.74) is 7.68. The standard InChI is InChI=1S/C20H19NO3S/c1-24-15-9-6-13(7-10-15)12-18(20(22)23)25-19-16-5-3-2-4-14(16)8-11-17(19)21/h2-11,18H,12,21H2,1H3,(H,22,23). The number of fused-ring (bicyclic) bond motifs is 1. The Hall–Kier alpha value is -2.66. The van der Waals surface area contributed by atoms with Crippen LogP contribution in [0.2, 0.25) is 0 Å². The summed E-state index contributed by atoms with van der Waals surface area (Å²) in [5.74, 6) is -0.102. The molecule has 0 saturated heterocycles. The topological polar surface area (TPSA) is 72.5 Å². The summed E-state index contributed by atoms with van der Waals surface area (Å²) in [6, 6.07) is 19.1.